The number of rotatable bonds is 5. The zero-order valence-corrected chi connectivity index (χ0v) is 12.1. The average Bonchev–Trinajstić information content (AvgIpc) is 2.41. The van der Waals surface area contributed by atoms with Gasteiger partial charge < -0.3 is 10.4 Å². The normalized spacial score (nSPS) is 19.6. The van der Waals surface area contributed by atoms with E-state index in [0.717, 1.165) is 16.7 Å². The monoisotopic (exact) mass is 302 g/mol. The minimum atomic E-state index is -4.15. The van der Waals surface area contributed by atoms with Crippen LogP contribution in [0.15, 0.2) is 18.2 Å². The van der Waals surface area contributed by atoms with Crippen molar-refractivity contribution in [3.05, 3.63) is 34.9 Å². The second kappa shape index (κ2) is 6.77. The number of alkyl halides is 3. The predicted octanol–water partition coefficient (Wildman–Crippen LogP) is 2.25. The molecule has 0 amide bonds. The first kappa shape index (κ1) is 16.3. The third-order valence-electron chi connectivity index (χ3n) is 3.87. The summed E-state index contributed by atoms with van der Waals surface area (Å²) in [4.78, 5) is 1.48. The summed E-state index contributed by atoms with van der Waals surface area (Å²) in [5.74, 6) is 0. The van der Waals surface area contributed by atoms with Crippen LogP contribution in [-0.2, 0) is 13.0 Å². The number of nitrogens with one attached hydrogen (secondary N) is 1. The first-order valence-corrected chi connectivity index (χ1v) is 7.15. The summed E-state index contributed by atoms with van der Waals surface area (Å²) in [5.41, 5.74) is 3.21. The lowest BCUT2D eigenvalue weighted by Gasteiger charge is -2.35. The Morgan fingerprint density at radius 2 is 2.14 bits per heavy atom. The van der Waals surface area contributed by atoms with Gasteiger partial charge in [0.05, 0.1) is 13.2 Å². The summed E-state index contributed by atoms with van der Waals surface area (Å²) in [6.07, 6.45) is -3.51. The van der Waals surface area contributed by atoms with Gasteiger partial charge in [-0.05, 0) is 30.0 Å². The smallest absolute Gasteiger partial charge is 0.395 e. The van der Waals surface area contributed by atoms with Gasteiger partial charge in [0, 0.05) is 25.7 Å². The molecule has 0 bridgehead atoms. The molecular formula is C15H21F3N2O. The topological polar surface area (TPSA) is 35.5 Å². The van der Waals surface area contributed by atoms with E-state index in [0.29, 0.717) is 26.1 Å². The van der Waals surface area contributed by atoms with Crippen molar-refractivity contribution in [3.63, 3.8) is 0 Å². The number of aliphatic hydroxyl groups excluding tert-OH is 1. The molecule has 1 unspecified atom stereocenters. The lowest BCUT2D eigenvalue weighted by atomic mass is 9.92. The highest BCUT2D eigenvalue weighted by molar-refractivity contribution is 5.36. The van der Waals surface area contributed by atoms with Crippen LogP contribution in [0, 0.1) is 0 Å². The highest BCUT2D eigenvalue weighted by atomic mass is 19.4. The molecule has 0 aliphatic carbocycles. The van der Waals surface area contributed by atoms with Crippen LogP contribution in [0.1, 0.15) is 29.7 Å². The second-order valence-electron chi connectivity index (χ2n) is 5.45. The van der Waals surface area contributed by atoms with E-state index in [-0.39, 0.29) is 12.6 Å². The van der Waals surface area contributed by atoms with Crippen molar-refractivity contribution in [1.82, 2.24) is 10.2 Å². The van der Waals surface area contributed by atoms with E-state index in [1.165, 1.54) is 4.90 Å². The van der Waals surface area contributed by atoms with Gasteiger partial charge in [-0.2, -0.15) is 13.2 Å². The molecule has 1 aliphatic heterocycles. The van der Waals surface area contributed by atoms with Crippen LogP contribution in [0.2, 0.25) is 0 Å². The van der Waals surface area contributed by atoms with E-state index in [2.05, 4.69) is 11.4 Å². The molecule has 0 saturated heterocycles. The van der Waals surface area contributed by atoms with Crippen LogP contribution in [0.25, 0.3) is 0 Å². The Balaban J connectivity index is 2.06. The number of benzene rings is 1. The molecule has 3 nitrogen and oxygen atoms in total. The largest absolute Gasteiger partial charge is 0.401 e. The highest BCUT2D eigenvalue weighted by Gasteiger charge is 2.35. The second-order valence-corrected chi connectivity index (χ2v) is 5.45. The quantitative estimate of drug-likeness (QED) is 0.819. The molecule has 0 fully saturated rings. The molecule has 1 aliphatic rings. The van der Waals surface area contributed by atoms with Crippen LogP contribution >= 0.6 is 0 Å². The highest BCUT2D eigenvalue weighted by Crippen LogP contribution is 2.32. The first-order valence-electron chi connectivity index (χ1n) is 7.15. The Labute approximate surface area is 122 Å². The summed E-state index contributed by atoms with van der Waals surface area (Å²) in [6.45, 7) is 2.69. The van der Waals surface area contributed by atoms with Gasteiger partial charge in [0.2, 0.25) is 0 Å². The Kier molecular flexibility index (Phi) is 5.24. The molecule has 21 heavy (non-hydrogen) atoms. The van der Waals surface area contributed by atoms with Crippen LogP contribution < -0.4 is 5.32 Å². The zero-order chi connectivity index (χ0) is 15.5. The van der Waals surface area contributed by atoms with E-state index in [1.54, 1.807) is 0 Å². The summed E-state index contributed by atoms with van der Waals surface area (Å²) < 4.78 is 37.7. The van der Waals surface area contributed by atoms with Gasteiger partial charge >= 0.3 is 6.18 Å². The fraction of sp³-hybridized carbons (Fsp3) is 0.600. The molecule has 1 aromatic rings. The van der Waals surface area contributed by atoms with Gasteiger partial charge in [-0.15, -0.1) is 0 Å². The SMILES string of the molecule is CC1c2ccc(CNCCO)cc2CCN1CC(F)(F)F. The van der Waals surface area contributed by atoms with E-state index in [4.69, 9.17) is 5.11 Å². The molecule has 1 heterocycles. The van der Waals surface area contributed by atoms with E-state index < -0.39 is 12.7 Å². The van der Waals surface area contributed by atoms with Crippen LogP contribution in [0.5, 0.6) is 0 Å². The van der Waals surface area contributed by atoms with Crippen molar-refractivity contribution in [2.45, 2.75) is 32.1 Å². The summed E-state index contributed by atoms with van der Waals surface area (Å²) in [7, 11) is 0. The number of halogens is 3. The molecule has 6 heteroatoms. The van der Waals surface area contributed by atoms with Gasteiger partial charge in [0.15, 0.2) is 0 Å². The maximum Gasteiger partial charge on any atom is 0.401 e. The maximum atomic E-state index is 12.6. The average molecular weight is 302 g/mol. The fourth-order valence-electron chi connectivity index (χ4n) is 2.81. The van der Waals surface area contributed by atoms with Crippen molar-refractivity contribution in [1.29, 1.82) is 0 Å². The molecule has 0 saturated carbocycles. The van der Waals surface area contributed by atoms with Crippen LogP contribution in [0.4, 0.5) is 13.2 Å². The summed E-state index contributed by atoms with van der Waals surface area (Å²) in [6, 6.07) is 5.71. The minimum Gasteiger partial charge on any atom is -0.395 e. The molecule has 1 atom stereocenters. The molecule has 0 aromatic heterocycles. The minimum absolute atomic E-state index is 0.0916. The van der Waals surface area contributed by atoms with Crippen LogP contribution in [0.3, 0.4) is 0 Å². The standard InChI is InChI=1S/C15H21F3N2O/c1-11-14-3-2-12(9-19-5-7-21)8-13(14)4-6-20(11)10-15(16,17)18/h2-3,8,11,19,21H,4-7,9-10H2,1H3. The molecular weight excluding hydrogens is 281 g/mol. The number of hydrogen-bond acceptors (Lipinski definition) is 3. The van der Waals surface area contributed by atoms with Crippen molar-refractivity contribution < 1.29 is 18.3 Å². The lowest BCUT2D eigenvalue weighted by molar-refractivity contribution is -0.151. The molecule has 2 N–H and O–H groups in total. The Morgan fingerprint density at radius 3 is 2.81 bits per heavy atom. The lowest BCUT2D eigenvalue weighted by Crippen LogP contribution is -2.40. The number of aliphatic hydroxyl groups is 1. The zero-order valence-electron chi connectivity index (χ0n) is 12.1. The van der Waals surface area contributed by atoms with Crippen molar-refractivity contribution in [3.8, 4) is 0 Å². The van der Waals surface area contributed by atoms with Gasteiger partial charge in [-0.25, -0.2) is 0 Å². The first-order chi connectivity index (χ1) is 9.90. The molecule has 0 radical (unpaired) electrons. The molecule has 118 valence electrons. The Hall–Kier alpha value is -1.11. The van der Waals surface area contributed by atoms with Crippen molar-refractivity contribution in [2.24, 2.45) is 0 Å². The van der Waals surface area contributed by atoms with Gasteiger partial charge in [-0.1, -0.05) is 18.2 Å². The van der Waals surface area contributed by atoms with Gasteiger partial charge in [0.25, 0.3) is 0 Å². The number of nitrogens with zero attached hydrogens (tertiary/aromatic N) is 1. The molecule has 1 aromatic carbocycles. The summed E-state index contributed by atoms with van der Waals surface area (Å²) >= 11 is 0. The molecule has 0 spiro atoms. The van der Waals surface area contributed by atoms with E-state index in [1.807, 2.05) is 19.1 Å². The van der Waals surface area contributed by atoms with Crippen LogP contribution in [-0.4, -0.2) is 42.4 Å². The van der Waals surface area contributed by atoms with E-state index >= 15 is 0 Å². The van der Waals surface area contributed by atoms with Gasteiger partial charge in [0.1, 0.15) is 0 Å². The third-order valence-corrected chi connectivity index (χ3v) is 3.87. The van der Waals surface area contributed by atoms with Crippen molar-refractivity contribution in [2.75, 3.05) is 26.2 Å². The maximum absolute atomic E-state index is 12.6. The van der Waals surface area contributed by atoms with E-state index in [9.17, 15) is 13.2 Å². The third kappa shape index (κ3) is 4.43. The summed E-state index contributed by atoms with van der Waals surface area (Å²) in [5, 5.41) is 11.8. The number of fused-ring (bicyclic) bond motifs is 1. The Bertz CT molecular complexity index is 476. The number of hydrogen-bond donors (Lipinski definition) is 2. The predicted molar refractivity (Wildman–Crippen MR) is 75.0 cm³/mol. The van der Waals surface area contributed by atoms with Gasteiger partial charge in [-0.3, -0.25) is 4.90 Å². The Morgan fingerprint density at radius 1 is 1.38 bits per heavy atom. The molecule has 2 rings (SSSR count). The van der Waals surface area contributed by atoms with Crippen molar-refractivity contribution >= 4 is 0 Å². The fourth-order valence-corrected chi connectivity index (χ4v) is 2.81.